The van der Waals surface area contributed by atoms with Crippen LogP contribution in [-0.4, -0.2) is 60.1 Å². The Balaban J connectivity index is 2.27. The van der Waals surface area contributed by atoms with Gasteiger partial charge in [-0.15, -0.1) is 0 Å². The average molecular weight is 286 g/mol. The standard InChI is InChI=1S/C12H22N4O2S/c1-4-19(17,18)16-9-11(7-14(2)3)8-15-6-5-13-12(15)10-16/h5-6,11H,4,7-10H2,1-3H3/t11-/m0/s1. The zero-order valence-corrected chi connectivity index (χ0v) is 12.6. The van der Waals surface area contributed by atoms with Crippen molar-refractivity contribution in [3.05, 3.63) is 18.2 Å². The second-order valence-electron chi connectivity index (χ2n) is 5.32. The fourth-order valence-corrected chi connectivity index (χ4v) is 3.65. The van der Waals surface area contributed by atoms with Gasteiger partial charge in [0.2, 0.25) is 10.0 Å². The first kappa shape index (κ1) is 14.5. The van der Waals surface area contributed by atoms with Crippen molar-refractivity contribution in [3.63, 3.8) is 0 Å². The molecule has 19 heavy (non-hydrogen) atoms. The first-order valence-electron chi connectivity index (χ1n) is 6.55. The van der Waals surface area contributed by atoms with Crippen LogP contribution in [-0.2, 0) is 23.1 Å². The van der Waals surface area contributed by atoms with E-state index in [4.69, 9.17) is 0 Å². The SMILES string of the molecule is CCS(=O)(=O)N1Cc2nccn2C[C@H](CN(C)C)C1. The molecule has 0 N–H and O–H groups in total. The summed E-state index contributed by atoms with van der Waals surface area (Å²) in [6, 6.07) is 0. The van der Waals surface area contributed by atoms with E-state index in [0.29, 0.717) is 13.1 Å². The Kier molecular flexibility index (Phi) is 4.27. The number of hydrogen-bond acceptors (Lipinski definition) is 4. The molecule has 1 aromatic rings. The number of imidazole rings is 1. The minimum atomic E-state index is -3.17. The second-order valence-corrected chi connectivity index (χ2v) is 7.57. The Morgan fingerprint density at radius 2 is 2.16 bits per heavy atom. The summed E-state index contributed by atoms with van der Waals surface area (Å²) < 4.78 is 27.9. The molecular weight excluding hydrogens is 264 g/mol. The van der Waals surface area contributed by atoms with E-state index in [1.165, 1.54) is 0 Å². The zero-order chi connectivity index (χ0) is 14.0. The highest BCUT2D eigenvalue weighted by molar-refractivity contribution is 7.89. The molecule has 0 spiro atoms. The highest BCUT2D eigenvalue weighted by Gasteiger charge is 2.29. The normalized spacial score (nSPS) is 21.4. The summed E-state index contributed by atoms with van der Waals surface area (Å²) in [4.78, 5) is 6.37. The van der Waals surface area contributed by atoms with Gasteiger partial charge in [0, 0.05) is 37.9 Å². The third kappa shape index (κ3) is 3.34. The molecule has 7 heteroatoms. The van der Waals surface area contributed by atoms with Crippen LogP contribution in [0.2, 0.25) is 0 Å². The molecule has 1 aliphatic rings. The van der Waals surface area contributed by atoms with Crippen LogP contribution in [0.1, 0.15) is 12.7 Å². The maximum atomic E-state index is 12.1. The van der Waals surface area contributed by atoms with Gasteiger partial charge in [-0.05, 0) is 21.0 Å². The van der Waals surface area contributed by atoms with E-state index >= 15 is 0 Å². The van der Waals surface area contributed by atoms with E-state index in [1.807, 2.05) is 20.3 Å². The fourth-order valence-electron chi connectivity index (χ4n) is 2.53. The average Bonchev–Trinajstić information content (AvgIpc) is 2.67. The molecule has 0 bridgehead atoms. The van der Waals surface area contributed by atoms with E-state index in [0.717, 1.165) is 18.9 Å². The third-order valence-electron chi connectivity index (χ3n) is 3.42. The minimum Gasteiger partial charge on any atom is -0.333 e. The van der Waals surface area contributed by atoms with Crippen molar-refractivity contribution in [2.45, 2.75) is 20.0 Å². The van der Waals surface area contributed by atoms with E-state index in [1.54, 1.807) is 17.4 Å². The molecule has 0 radical (unpaired) electrons. The van der Waals surface area contributed by atoms with Gasteiger partial charge in [0.1, 0.15) is 5.82 Å². The smallest absolute Gasteiger partial charge is 0.214 e. The van der Waals surface area contributed by atoms with Crippen LogP contribution in [0.25, 0.3) is 0 Å². The number of aromatic nitrogens is 2. The van der Waals surface area contributed by atoms with Crippen LogP contribution >= 0.6 is 0 Å². The highest BCUT2D eigenvalue weighted by Crippen LogP contribution is 2.19. The summed E-state index contributed by atoms with van der Waals surface area (Å²) >= 11 is 0. The van der Waals surface area contributed by atoms with Crippen molar-refractivity contribution in [1.29, 1.82) is 0 Å². The van der Waals surface area contributed by atoms with Crippen LogP contribution in [0.3, 0.4) is 0 Å². The predicted molar refractivity (Wildman–Crippen MR) is 74.1 cm³/mol. The molecule has 0 unspecified atom stereocenters. The third-order valence-corrected chi connectivity index (χ3v) is 5.21. The summed E-state index contributed by atoms with van der Waals surface area (Å²) in [5.74, 6) is 1.26. The van der Waals surface area contributed by atoms with E-state index in [2.05, 4.69) is 14.5 Å². The zero-order valence-electron chi connectivity index (χ0n) is 11.8. The first-order chi connectivity index (χ1) is 8.92. The lowest BCUT2D eigenvalue weighted by molar-refractivity contribution is 0.265. The molecule has 0 aromatic carbocycles. The van der Waals surface area contributed by atoms with Gasteiger partial charge in [-0.25, -0.2) is 13.4 Å². The van der Waals surface area contributed by atoms with Crippen LogP contribution < -0.4 is 0 Å². The Morgan fingerprint density at radius 3 is 2.79 bits per heavy atom. The van der Waals surface area contributed by atoms with Gasteiger partial charge < -0.3 is 9.47 Å². The Bertz CT molecular complexity index is 524. The highest BCUT2D eigenvalue weighted by atomic mass is 32.2. The largest absolute Gasteiger partial charge is 0.333 e. The van der Waals surface area contributed by atoms with Crippen molar-refractivity contribution in [3.8, 4) is 0 Å². The maximum absolute atomic E-state index is 12.1. The molecule has 1 atom stereocenters. The van der Waals surface area contributed by atoms with E-state index < -0.39 is 10.0 Å². The molecule has 2 rings (SSSR count). The molecular formula is C12H22N4O2S. The van der Waals surface area contributed by atoms with Crippen LogP contribution in [0.15, 0.2) is 12.4 Å². The second kappa shape index (κ2) is 5.60. The molecule has 0 saturated heterocycles. The van der Waals surface area contributed by atoms with Gasteiger partial charge in [-0.1, -0.05) is 0 Å². The van der Waals surface area contributed by atoms with Crippen molar-refractivity contribution in [2.24, 2.45) is 5.92 Å². The summed E-state index contributed by atoms with van der Waals surface area (Å²) in [6.07, 6.45) is 3.67. The molecule has 1 aliphatic heterocycles. The number of fused-ring (bicyclic) bond motifs is 1. The monoisotopic (exact) mass is 286 g/mol. The van der Waals surface area contributed by atoms with Gasteiger partial charge in [-0.2, -0.15) is 4.31 Å². The van der Waals surface area contributed by atoms with Gasteiger partial charge >= 0.3 is 0 Å². The lowest BCUT2D eigenvalue weighted by atomic mass is 10.1. The number of nitrogens with zero attached hydrogens (tertiary/aromatic N) is 4. The van der Waals surface area contributed by atoms with Crippen LogP contribution in [0.5, 0.6) is 0 Å². The van der Waals surface area contributed by atoms with Crippen LogP contribution in [0, 0.1) is 5.92 Å². The minimum absolute atomic E-state index is 0.141. The Hall–Kier alpha value is -0.920. The van der Waals surface area contributed by atoms with Crippen molar-refractivity contribution >= 4 is 10.0 Å². The maximum Gasteiger partial charge on any atom is 0.214 e. The van der Waals surface area contributed by atoms with Crippen molar-refractivity contribution in [1.82, 2.24) is 18.8 Å². The van der Waals surface area contributed by atoms with Crippen molar-refractivity contribution in [2.75, 3.05) is 32.9 Å². The summed E-state index contributed by atoms with van der Waals surface area (Å²) in [5, 5.41) is 0. The lowest BCUT2D eigenvalue weighted by Crippen LogP contribution is -2.38. The Labute approximate surface area is 115 Å². The quantitative estimate of drug-likeness (QED) is 0.795. The molecule has 1 aromatic heterocycles. The van der Waals surface area contributed by atoms with Crippen molar-refractivity contribution < 1.29 is 8.42 Å². The summed E-state index contributed by atoms with van der Waals surface area (Å²) in [7, 11) is 0.852. The van der Waals surface area contributed by atoms with E-state index in [9.17, 15) is 8.42 Å². The first-order valence-corrected chi connectivity index (χ1v) is 8.16. The lowest BCUT2D eigenvalue weighted by Gasteiger charge is -2.25. The Morgan fingerprint density at radius 1 is 1.42 bits per heavy atom. The fraction of sp³-hybridized carbons (Fsp3) is 0.750. The molecule has 0 fully saturated rings. The molecule has 6 nitrogen and oxygen atoms in total. The molecule has 108 valence electrons. The van der Waals surface area contributed by atoms with Crippen LogP contribution in [0.4, 0.5) is 0 Å². The summed E-state index contributed by atoms with van der Waals surface area (Å²) in [6.45, 7) is 4.33. The van der Waals surface area contributed by atoms with Gasteiger partial charge in [0.25, 0.3) is 0 Å². The van der Waals surface area contributed by atoms with Gasteiger partial charge in [-0.3, -0.25) is 0 Å². The number of rotatable bonds is 4. The predicted octanol–water partition coefficient (Wildman–Crippen LogP) is 0.226. The van der Waals surface area contributed by atoms with Gasteiger partial charge in [0.15, 0.2) is 0 Å². The molecule has 0 amide bonds. The topological polar surface area (TPSA) is 58.4 Å². The molecule has 0 saturated carbocycles. The number of hydrogen-bond donors (Lipinski definition) is 0. The molecule has 2 heterocycles. The summed E-state index contributed by atoms with van der Waals surface area (Å²) in [5.41, 5.74) is 0. The number of sulfonamides is 1. The molecule has 0 aliphatic carbocycles. The van der Waals surface area contributed by atoms with Gasteiger partial charge in [0.05, 0.1) is 12.3 Å². The van der Waals surface area contributed by atoms with E-state index in [-0.39, 0.29) is 11.7 Å².